The van der Waals surface area contributed by atoms with E-state index in [1.54, 1.807) is 6.92 Å². The van der Waals surface area contributed by atoms with Gasteiger partial charge in [0, 0.05) is 0 Å². The van der Waals surface area contributed by atoms with Crippen LogP contribution >= 0.6 is 0 Å². The Balaban J connectivity index is 1.67. The Labute approximate surface area is 111 Å². The summed E-state index contributed by atoms with van der Waals surface area (Å²) in [4.78, 5) is 11.5. The molecule has 2 aliphatic rings. The van der Waals surface area contributed by atoms with Crippen LogP contribution in [-0.4, -0.2) is 31.2 Å². The second kappa shape index (κ2) is 5.69. The first-order valence-electron chi connectivity index (χ1n) is 6.94. The zero-order valence-corrected chi connectivity index (χ0v) is 11.1. The van der Waals surface area contributed by atoms with Crippen LogP contribution in [0.1, 0.15) is 32.6 Å². The first-order valence-corrected chi connectivity index (χ1v) is 6.94. The minimum atomic E-state index is -4.35. The van der Waals surface area contributed by atoms with Gasteiger partial charge in [0.2, 0.25) is 5.91 Å². The maximum atomic E-state index is 12.0. The second-order valence-electron chi connectivity index (χ2n) is 5.80. The van der Waals surface area contributed by atoms with E-state index in [1.165, 1.54) is 25.7 Å². The third-order valence-electron chi connectivity index (χ3n) is 3.97. The van der Waals surface area contributed by atoms with Crippen molar-refractivity contribution in [3.63, 3.8) is 0 Å². The van der Waals surface area contributed by atoms with Gasteiger partial charge in [0.15, 0.2) is 0 Å². The van der Waals surface area contributed by atoms with Gasteiger partial charge in [-0.25, -0.2) is 0 Å². The SMILES string of the molecule is CC(NCC(C1CC1)C1CC1)C(=O)NCC(F)(F)F. The molecular weight excluding hydrogens is 257 g/mol. The molecule has 0 heterocycles. The maximum Gasteiger partial charge on any atom is 0.405 e. The molecule has 2 rings (SSSR count). The van der Waals surface area contributed by atoms with Gasteiger partial charge in [0.25, 0.3) is 0 Å². The molecule has 0 aromatic heterocycles. The number of hydrogen-bond acceptors (Lipinski definition) is 2. The quantitative estimate of drug-likeness (QED) is 0.748. The Hall–Kier alpha value is -0.780. The van der Waals surface area contributed by atoms with Crippen LogP contribution in [0.4, 0.5) is 13.2 Å². The molecule has 19 heavy (non-hydrogen) atoms. The molecular formula is C13H21F3N2O. The van der Waals surface area contributed by atoms with Gasteiger partial charge in [0.1, 0.15) is 6.54 Å². The molecule has 110 valence electrons. The Morgan fingerprint density at radius 2 is 1.74 bits per heavy atom. The number of hydrogen-bond donors (Lipinski definition) is 2. The molecule has 2 aliphatic carbocycles. The topological polar surface area (TPSA) is 41.1 Å². The van der Waals surface area contributed by atoms with Gasteiger partial charge in [0.05, 0.1) is 6.04 Å². The number of carbonyl (C=O) groups is 1. The summed E-state index contributed by atoms with van der Waals surface area (Å²) in [7, 11) is 0. The monoisotopic (exact) mass is 278 g/mol. The van der Waals surface area contributed by atoms with E-state index < -0.39 is 24.7 Å². The minimum Gasteiger partial charge on any atom is -0.346 e. The molecule has 3 nitrogen and oxygen atoms in total. The molecule has 0 aliphatic heterocycles. The van der Waals surface area contributed by atoms with E-state index in [0.717, 1.165) is 18.4 Å². The molecule has 0 spiro atoms. The molecule has 2 fully saturated rings. The van der Waals surface area contributed by atoms with E-state index >= 15 is 0 Å². The van der Waals surface area contributed by atoms with Crippen LogP contribution in [-0.2, 0) is 4.79 Å². The highest BCUT2D eigenvalue weighted by atomic mass is 19.4. The Kier molecular flexibility index (Phi) is 4.38. The normalized spacial score (nSPS) is 21.5. The molecule has 1 unspecified atom stereocenters. The summed E-state index contributed by atoms with van der Waals surface area (Å²) in [6.07, 6.45) is 0.698. The number of carbonyl (C=O) groups excluding carboxylic acids is 1. The summed E-state index contributed by atoms with van der Waals surface area (Å²) >= 11 is 0. The molecule has 2 N–H and O–H groups in total. The molecule has 0 aromatic carbocycles. The fraction of sp³-hybridized carbons (Fsp3) is 0.923. The molecule has 0 bridgehead atoms. The fourth-order valence-electron chi connectivity index (χ4n) is 2.51. The smallest absolute Gasteiger partial charge is 0.346 e. The highest BCUT2D eigenvalue weighted by Crippen LogP contribution is 2.48. The third kappa shape index (κ3) is 5.01. The van der Waals surface area contributed by atoms with Crippen molar-refractivity contribution in [2.45, 2.75) is 44.8 Å². The van der Waals surface area contributed by atoms with Crippen molar-refractivity contribution < 1.29 is 18.0 Å². The average Bonchev–Trinajstić information content (AvgIpc) is 3.16. The van der Waals surface area contributed by atoms with Crippen LogP contribution in [0.5, 0.6) is 0 Å². The van der Waals surface area contributed by atoms with Crippen molar-refractivity contribution in [2.24, 2.45) is 17.8 Å². The molecule has 2 saturated carbocycles. The summed E-state index contributed by atoms with van der Waals surface area (Å²) in [6.45, 7) is 1.10. The highest BCUT2D eigenvalue weighted by Gasteiger charge is 2.41. The lowest BCUT2D eigenvalue weighted by molar-refractivity contribution is -0.139. The number of alkyl halides is 3. The predicted molar refractivity (Wildman–Crippen MR) is 65.5 cm³/mol. The van der Waals surface area contributed by atoms with Crippen molar-refractivity contribution in [1.82, 2.24) is 10.6 Å². The molecule has 0 saturated heterocycles. The third-order valence-corrected chi connectivity index (χ3v) is 3.97. The van der Waals surface area contributed by atoms with Gasteiger partial charge < -0.3 is 10.6 Å². The van der Waals surface area contributed by atoms with E-state index in [1.807, 2.05) is 5.32 Å². The van der Waals surface area contributed by atoms with Gasteiger partial charge in [-0.3, -0.25) is 4.79 Å². The largest absolute Gasteiger partial charge is 0.405 e. The molecule has 0 aromatic rings. The zero-order chi connectivity index (χ0) is 14.0. The molecule has 0 radical (unpaired) electrons. The summed E-state index contributed by atoms with van der Waals surface area (Å²) in [5.41, 5.74) is 0. The lowest BCUT2D eigenvalue weighted by Gasteiger charge is -2.20. The van der Waals surface area contributed by atoms with Gasteiger partial charge in [-0.15, -0.1) is 0 Å². The van der Waals surface area contributed by atoms with Crippen molar-refractivity contribution >= 4 is 5.91 Å². The average molecular weight is 278 g/mol. The summed E-state index contributed by atoms with van der Waals surface area (Å²) < 4.78 is 36.0. The Morgan fingerprint density at radius 3 is 2.16 bits per heavy atom. The van der Waals surface area contributed by atoms with Gasteiger partial charge in [-0.05, 0) is 56.9 Å². The van der Waals surface area contributed by atoms with Crippen LogP contribution in [0.3, 0.4) is 0 Å². The summed E-state index contributed by atoms with van der Waals surface area (Å²) in [6, 6.07) is -0.567. The number of amides is 1. The van der Waals surface area contributed by atoms with E-state index in [0.29, 0.717) is 5.92 Å². The van der Waals surface area contributed by atoms with E-state index in [-0.39, 0.29) is 0 Å². The van der Waals surface area contributed by atoms with Gasteiger partial charge in [-0.2, -0.15) is 13.2 Å². The number of nitrogens with one attached hydrogen (secondary N) is 2. The van der Waals surface area contributed by atoms with E-state index in [9.17, 15) is 18.0 Å². The number of rotatable bonds is 7. The maximum absolute atomic E-state index is 12.0. The Morgan fingerprint density at radius 1 is 1.21 bits per heavy atom. The molecule has 1 amide bonds. The van der Waals surface area contributed by atoms with Crippen molar-refractivity contribution in [3.05, 3.63) is 0 Å². The van der Waals surface area contributed by atoms with Crippen LogP contribution in [0.25, 0.3) is 0 Å². The first kappa shape index (κ1) is 14.6. The van der Waals surface area contributed by atoms with Crippen molar-refractivity contribution in [2.75, 3.05) is 13.1 Å². The van der Waals surface area contributed by atoms with Gasteiger partial charge in [-0.1, -0.05) is 0 Å². The lowest BCUT2D eigenvalue weighted by Crippen LogP contribution is -2.46. The van der Waals surface area contributed by atoms with E-state index in [4.69, 9.17) is 0 Å². The van der Waals surface area contributed by atoms with Crippen molar-refractivity contribution in [1.29, 1.82) is 0 Å². The van der Waals surface area contributed by atoms with Crippen LogP contribution in [0.15, 0.2) is 0 Å². The van der Waals surface area contributed by atoms with E-state index in [2.05, 4.69) is 5.32 Å². The number of halogens is 3. The summed E-state index contributed by atoms with van der Waals surface area (Å²) in [5.74, 6) is 1.57. The Bertz CT molecular complexity index is 312. The summed E-state index contributed by atoms with van der Waals surface area (Å²) in [5, 5.41) is 4.99. The molecule has 6 heteroatoms. The van der Waals surface area contributed by atoms with Crippen LogP contribution in [0, 0.1) is 17.8 Å². The lowest BCUT2D eigenvalue weighted by atomic mass is 9.97. The van der Waals surface area contributed by atoms with Crippen molar-refractivity contribution in [3.8, 4) is 0 Å². The first-order chi connectivity index (χ1) is 8.87. The highest BCUT2D eigenvalue weighted by molar-refractivity contribution is 5.81. The van der Waals surface area contributed by atoms with Crippen LogP contribution in [0.2, 0.25) is 0 Å². The zero-order valence-electron chi connectivity index (χ0n) is 11.1. The van der Waals surface area contributed by atoms with Crippen LogP contribution < -0.4 is 10.6 Å². The standard InChI is InChI=1S/C13H21F3N2O/c1-8(12(19)18-7-13(14,15)16)17-6-11(9-2-3-9)10-4-5-10/h8-11,17H,2-7H2,1H3,(H,18,19). The predicted octanol–water partition coefficient (Wildman–Crippen LogP) is 2.08. The second-order valence-corrected chi connectivity index (χ2v) is 5.80. The molecule has 1 atom stereocenters. The van der Waals surface area contributed by atoms with Gasteiger partial charge >= 0.3 is 6.18 Å². The minimum absolute atomic E-state index is 0.567. The fourth-order valence-corrected chi connectivity index (χ4v) is 2.51.